The van der Waals surface area contributed by atoms with Crippen LogP contribution >= 0.6 is 11.6 Å². The molecule has 0 saturated carbocycles. The quantitative estimate of drug-likeness (QED) is 0.665. The van der Waals surface area contributed by atoms with Gasteiger partial charge in [0.05, 0.1) is 5.56 Å². The standard InChI is InChI=1S/C10H7ClFNO/c1-13-9-3-2-6(12)4-7(9)8(5-14)10(13)11/h2-5H,1H3. The number of aromatic nitrogens is 1. The second kappa shape index (κ2) is 3.10. The minimum Gasteiger partial charge on any atom is -0.334 e. The molecule has 0 bridgehead atoms. The molecule has 0 fully saturated rings. The predicted octanol–water partition coefficient (Wildman–Crippen LogP) is 2.78. The molecule has 72 valence electrons. The summed E-state index contributed by atoms with van der Waals surface area (Å²) in [6.45, 7) is 0. The zero-order valence-electron chi connectivity index (χ0n) is 7.42. The van der Waals surface area contributed by atoms with Gasteiger partial charge in [0.15, 0.2) is 6.29 Å². The number of carbonyl (C=O) groups excluding carboxylic acids is 1. The molecule has 0 aliphatic rings. The zero-order valence-corrected chi connectivity index (χ0v) is 8.18. The molecule has 4 heteroatoms. The summed E-state index contributed by atoms with van der Waals surface area (Å²) in [4.78, 5) is 10.7. The number of fused-ring (bicyclic) bond motifs is 1. The van der Waals surface area contributed by atoms with Crippen molar-refractivity contribution < 1.29 is 9.18 Å². The fourth-order valence-corrected chi connectivity index (χ4v) is 1.76. The SMILES string of the molecule is Cn1c(Cl)c(C=O)c2cc(F)ccc21. The average molecular weight is 212 g/mol. The van der Waals surface area contributed by atoms with E-state index >= 15 is 0 Å². The van der Waals surface area contributed by atoms with Gasteiger partial charge >= 0.3 is 0 Å². The van der Waals surface area contributed by atoms with Crippen LogP contribution in [0.3, 0.4) is 0 Å². The second-order valence-electron chi connectivity index (χ2n) is 3.04. The average Bonchev–Trinajstić information content (AvgIpc) is 2.39. The Morgan fingerprint density at radius 3 is 2.86 bits per heavy atom. The van der Waals surface area contributed by atoms with Gasteiger partial charge in [0, 0.05) is 18.0 Å². The van der Waals surface area contributed by atoms with Gasteiger partial charge in [0.2, 0.25) is 0 Å². The Labute approximate surface area is 84.9 Å². The molecule has 0 saturated heterocycles. The Morgan fingerprint density at radius 1 is 1.50 bits per heavy atom. The van der Waals surface area contributed by atoms with Gasteiger partial charge in [0.1, 0.15) is 11.0 Å². The molecular formula is C10H7ClFNO. The molecule has 1 aromatic carbocycles. The molecule has 1 heterocycles. The van der Waals surface area contributed by atoms with Gasteiger partial charge in [-0.25, -0.2) is 4.39 Å². The molecule has 0 N–H and O–H groups in total. The summed E-state index contributed by atoms with van der Waals surface area (Å²) in [6, 6.07) is 4.25. The van der Waals surface area contributed by atoms with Crippen LogP contribution in [0.1, 0.15) is 10.4 Å². The van der Waals surface area contributed by atoms with E-state index in [-0.39, 0.29) is 5.82 Å². The number of aryl methyl sites for hydroxylation is 1. The van der Waals surface area contributed by atoms with Crippen molar-refractivity contribution in [3.63, 3.8) is 0 Å². The highest BCUT2D eigenvalue weighted by molar-refractivity contribution is 6.34. The lowest BCUT2D eigenvalue weighted by atomic mass is 10.2. The third-order valence-electron chi connectivity index (χ3n) is 2.24. The molecule has 2 aromatic rings. The molecular weight excluding hydrogens is 205 g/mol. The van der Waals surface area contributed by atoms with Crippen molar-refractivity contribution >= 4 is 28.8 Å². The Kier molecular flexibility index (Phi) is 2.04. The number of aldehydes is 1. The lowest BCUT2D eigenvalue weighted by Gasteiger charge is -1.95. The highest BCUT2D eigenvalue weighted by Crippen LogP contribution is 2.27. The van der Waals surface area contributed by atoms with Crippen LogP contribution in [0.2, 0.25) is 5.15 Å². The first-order valence-corrected chi connectivity index (χ1v) is 4.41. The predicted molar refractivity (Wildman–Crippen MR) is 53.3 cm³/mol. The van der Waals surface area contributed by atoms with Crippen LogP contribution in [-0.2, 0) is 7.05 Å². The van der Waals surface area contributed by atoms with Gasteiger partial charge in [-0.3, -0.25) is 4.79 Å². The van der Waals surface area contributed by atoms with Crippen molar-refractivity contribution in [1.29, 1.82) is 0 Å². The summed E-state index contributed by atoms with van der Waals surface area (Å²) < 4.78 is 14.6. The number of hydrogen-bond acceptors (Lipinski definition) is 1. The van der Waals surface area contributed by atoms with Gasteiger partial charge in [-0.2, -0.15) is 0 Å². The topological polar surface area (TPSA) is 22.0 Å². The molecule has 14 heavy (non-hydrogen) atoms. The molecule has 0 amide bonds. The Hall–Kier alpha value is -1.35. The maximum absolute atomic E-state index is 12.9. The molecule has 0 radical (unpaired) electrons. The van der Waals surface area contributed by atoms with Crippen molar-refractivity contribution in [2.24, 2.45) is 7.05 Å². The minimum atomic E-state index is -0.372. The summed E-state index contributed by atoms with van der Waals surface area (Å²) in [5, 5.41) is 0.883. The molecule has 2 nitrogen and oxygen atoms in total. The maximum atomic E-state index is 12.9. The number of rotatable bonds is 1. The van der Waals surface area contributed by atoms with Crippen LogP contribution in [0.15, 0.2) is 18.2 Å². The molecule has 0 atom stereocenters. The van der Waals surface area contributed by atoms with Crippen LogP contribution < -0.4 is 0 Å². The van der Waals surface area contributed by atoms with E-state index in [2.05, 4.69) is 0 Å². The third-order valence-corrected chi connectivity index (χ3v) is 2.70. The van der Waals surface area contributed by atoms with Crippen LogP contribution in [0.25, 0.3) is 10.9 Å². The third kappa shape index (κ3) is 1.13. The van der Waals surface area contributed by atoms with E-state index in [9.17, 15) is 9.18 Å². The smallest absolute Gasteiger partial charge is 0.153 e. The maximum Gasteiger partial charge on any atom is 0.153 e. The molecule has 1 aromatic heterocycles. The molecule has 0 spiro atoms. The first-order valence-electron chi connectivity index (χ1n) is 4.03. The minimum absolute atomic E-state index is 0.334. The van der Waals surface area contributed by atoms with E-state index in [0.29, 0.717) is 22.4 Å². The van der Waals surface area contributed by atoms with E-state index in [1.54, 1.807) is 17.7 Å². The highest BCUT2D eigenvalue weighted by Gasteiger charge is 2.12. The number of nitrogens with zero attached hydrogens (tertiary/aromatic N) is 1. The second-order valence-corrected chi connectivity index (χ2v) is 3.40. The van der Waals surface area contributed by atoms with Crippen LogP contribution in [0.4, 0.5) is 4.39 Å². The van der Waals surface area contributed by atoms with Gasteiger partial charge in [-0.15, -0.1) is 0 Å². The number of hydrogen-bond donors (Lipinski definition) is 0. The molecule has 0 unspecified atom stereocenters. The summed E-state index contributed by atoms with van der Waals surface area (Å²) >= 11 is 5.90. The van der Waals surface area contributed by atoms with Gasteiger partial charge in [-0.1, -0.05) is 11.6 Å². The van der Waals surface area contributed by atoms with Gasteiger partial charge in [0.25, 0.3) is 0 Å². The van der Waals surface area contributed by atoms with Gasteiger partial charge < -0.3 is 4.57 Å². The first kappa shape index (κ1) is 9.21. The van der Waals surface area contributed by atoms with Crippen LogP contribution in [0.5, 0.6) is 0 Å². The van der Waals surface area contributed by atoms with Gasteiger partial charge in [-0.05, 0) is 18.2 Å². The number of carbonyl (C=O) groups is 1. The number of halogens is 2. The zero-order chi connectivity index (χ0) is 10.3. The largest absolute Gasteiger partial charge is 0.334 e. The van der Waals surface area contributed by atoms with E-state index in [4.69, 9.17) is 11.6 Å². The fraction of sp³-hybridized carbons (Fsp3) is 0.100. The molecule has 0 aliphatic heterocycles. The van der Waals surface area contributed by atoms with E-state index in [1.165, 1.54) is 12.1 Å². The summed E-state index contributed by atoms with van der Waals surface area (Å²) in [6.07, 6.45) is 0.643. The lowest BCUT2D eigenvalue weighted by Crippen LogP contribution is -1.86. The normalized spacial score (nSPS) is 10.8. The highest BCUT2D eigenvalue weighted by atomic mass is 35.5. The van der Waals surface area contributed by atoms with E-state index in [0.717, 1.165) is 5.52 Å². The fourth-order valence-electron chi connectivity index (χ4n) is 1.53. The van der Waals surface area contributed by atoms with Crippen molar-refractivity contribution in [2.75, 3.05) is 0 Å². The Bertz CT molecular complexity index is 518. The van der Waals surface area contributed by atoms with E-state index in [1.807, 2.05) is 0 Å². The van der Waals surface area contributed by atoms with Crippen molar-refractivity contribution in [2.45, 2.75) is 0 Å². The Morgan fingerprint density at radius 2 is 2.21 bits per heavy atom. The first-order chi connectivity index (χ1) is 6.65. The van der Waals surface area contributed by atoms with E-state index < -0.39 is 0 Å². The monoisotopic (exact) mass is 211 g/mol. The number of benzene rings is 1. The van der Waals surface area contributed by atoms with Crippen molar-refractivity contribution in [3.05, 3.63) is 34.7 Å². The van der Waals surface area contributed by atoms with Crippen molar-refractivity contribution in [1.82, 2.24) is 4.57 Å². The van der Waals surface area contributed by atoms with Crippen LogP contribution in [-0.4, -0.2) is 10.9 Å². The summed E-state index contributed by atoms with van der Waals surface area (Å²) in [5.41, 5.74) is 1.09. The van der Waals surface area contributed by atoms with Crippen molar-refractivity contribution in [3.8, 4) is 0 Å². The lowest BCUT2D eigenvalue weighted by molar-refractivity contribution is 0.112. The summed E-state index contributed by atoms with van der Waals surface area (Å²) in [5.74, 6) is -0.372. The molecule has 2 rings (SSSR count). The molecule has 0 aliphatic carbocycles. The van der Waals surface area contributed by atoms with Crippen LogP contribution in [0, 0.1) is 5.82 Å². The Balaban J connectivity index is 2.96. The summed E-state index contributed by atoms with van der Waals surface area (Å²) in [7, 11) is 1.73.